The van der Waals surface area contributed by atoms with Gasteiger partial charge in [-0.25, -0.2) is 0 Å². The molecule has 1 atom stereocenters. The lowest BCUT2D eigenvalue weighted by Crippen LogP contribution is -2.10. The molecule has 0 fully saturated rings. The summed E-state index contributed by atoms with van der Waals surface area (Å²) in [6, 6.07) is 3.97. The van der Waals surface area contributed by atoms with Crippen molar-refractivity contribution < 1.29 is 9.47 Å². The van der Waals surface area contributed by atoms with Crippen molar-refractivity contribution in [3.05, 3.63) is 23.3 Å². The molecule has 1 aliphatic heterocycles. The van der Waals surface area contributed by atoms with Crippen LogP contribution >= 0.6 is 0 Å². The maximum atomic E-state index is 5.87. The van der Waals surface area contributed by atoms with Gasteiger partial charge in [0.05, 0.1) is 12.6 Å². The highest BCUT2D eigenvalue weighted by molar-refractivity contribution is 5.52. The van der Waals surface area contributed by atoms with Crippen LogP contribution < -0.4 is 15.2 Å². The Morgan fingerprint density at radius 2 is 2.36 bits per heavy atom. The van der Waals surface area contributed by atoms with Crippen LogP contribution in [0.25, 0.3) is 0 Å². The smallest absolute Gasteiger partial charge is 0.130 e. The zero-order valence-corrected chi connectivity index (χ0v) is 8.54. The quantitative estimate of drug-likeness (QED) is 0.778. The predicted octanol–water partition coefficient (Wildman–Crippen LogP) is 1.79. The standard InChI is InChI=1S/C11H15NO2/c1-3-13-10-5-4-8-9(12)6-14-11(8)7(10)2/h4-5,9H,3,6,12H2,1-2H3. The highest BCUT2D eigenvalue weighted by Gasteiger charge is 2.23. The average Bonchev–Trinajstić information content (AvgIpc) is 2.54. The molecule has 1 unspecified atom stereocenters. The first-order valence-electron chi connectivity index (χ1n) is 4.88. The summed E-state index contributed by atoms with van der Waals surface area (Å²) >= 11 is 0. The van der Waals surface area contributed by atoms with Gasteiger partial charge in [0.1, 0.15) is 18.1 Å². The lowest BCUT2D eigenvalue weighted by atomic mass is 10.1. The Morgan fingerprint density at radius 1 is 1.57 bits per heavy atom. The number of fused-ring (bicyclic) bond motifs is 1. The Bertz CT molecular complexity index is 349. The number of rotatable bonds is 2. The molecule has 1 aromatic rings. The van der Waals surface area contributed by atoms with Gasteiger partial charge in [-0.05, 0) is 26.0 Å². The van der Waals surface area contributed by atoms with Crippen molar-refractivity contribution >= 4 is 0 Å². The summed E-state index contributed by atoms with van der Waals surface area (Å²) in [7, 11) is 0. The minimum absolute atomic E-state index is 0.0133. The van der Waals surface area contributed by atoms with E-state index in [0.29, 0.717) is 13.2 Å². The van der Waals surface area contributed by atoms with Gasteiger partial charge in [0, 0.05) is 11.1 Å². The number of hydrogen-bond donors (Lipinski definition) is 1. The van der Waals surface area contributed by atoms with E-state index in [-0.39, 0.29) is 6.04 Å². The molecule has 3 heteroatoms. The van der Waals surface area contributed by atoms with E-state index in [1.54, 1.807) is 0 Å². The first-order chi connectivity index (χ1) is 6.74. The first kappa shape index (κ1) is 9.34. The fraction of sp³-hybridized carbons (Fsp3) is 0.455. The monoisotopic (exact) mass is 193 g/mol. The van der Waals surface area contributed by atoms with E-state index in [9.17, 15) is 0 Å². The van der Waals surface area contributed by atoms with Crippen molar-refractivity contribution in [2.45, 2.75) is 19.9 Å². The summed E-state index contributed by atoms with van der Waals surface area (Å²) in [5.74, 6) is 1.80. The fourth-order valence-electron chi connectivity index (χ4n) is 1.75. The van der Waals surface area contributed by atoms with E-state index in [1.807, 2.05) is 26.0 Å². The van der Waals surface area contributed by atoms with Crippen LogP contribution in [0.1, 0.15) is 24.1 Å². The summed E-state index contributed by atoms with van der Waals surface area (Å²) in [5.41, 5.74) is 8.02. The SMILES string of the molecule is CCOc1ccc2c(c1C)OCC2N. The molecule has 1 aliphatic rings. The highest BCUT2D eigenvalue weighted by Crippen LogP contribution is 2.38. The zero-order valence-electron chi connectivity index (χ0n) is 8.54. The topological polar surface area (TPSA) is 44.5 Å². The van der Waals surface area contributed by atoms with Gasteiger partial charge in [0.25, 0.3) is 0 Å². The molecule has 2 N–H and O–H groups in total. The van der Waals surface area contributed by atoms with Crippen LogP contribution in [0.15, 0.2) is 12.1 Å². The summed E-state index contributed by atoms with van der Waals surface area (Å²) in [4.78, 5) is 0. The van der Waals surface area contributed by atoms with E-state index in [1.165, 1.54) is 0 Å². The van der Waals surface area contributed by atoms with Crippen LogP contribution in [0, 0.1) is 6.92 Å². The second-order valence-electron chi connectivity index (χ2n) is 3.46. The van der Waals surface area contributed by atoms with Gasteiger partial charge in [-0.2, -0.15) is 0 Å². The van der Waals surface area contributed by atoms with Gasteiger partial charge in [-0.1, -0.05) is 0 Å². The zero-order chi connectivity index (χ0) is 10.1. The summed E-state index contributed by atoms with van der Waals surface area (Å²) in [5, 5.41) is 0. The number of benzene rings is 1. The fourth-order valence-corrected chi connectivity index (χ4v) is 1.75. The normalized spacial score (nSPS) is 18.9. The Kier molecular flexibility index (Phi) is 2.33. The van der Waals surface area contributed by atoms with Gasteiger partial charge in [0.15, 0.2) is 0 Å². The molecule has 3 nitrogen and oxygen atoms in total. The molecule has 1 heterocycles. The lowest BCUT2D eigenvalue weighted by Gasteiger charge is -2.10. The van der Waals surface area contributed by atoms with E-state index in [0.717, 1.165) is 22.6 Å². The first-order valence-corrected chi connectivity index (χ1v) is 4.88. The lowest BCUT2D eigenvalue weighted by molar-refractivity contribution is 0.319. The maximum absolute atomic E-state index is 5.87. The van der Waals surface area contributed by atoms with E-state index in [4.69, 9.17) is 15.2 Å². The van der Waals surface area contributed by atoms with E-state index >= 15 is 0 Å². The highest BCUT2D eigenvalue weighted by atomic mass is 16.5. The van der Waals surface area contributed by atoms with Crippen LogP contribution in [-0.4, -0.2) is 13.2 Å². The Morgan fingerprint density at radius 3 is 3.07 bits per heavy atom. The summed E-state index contributed by atoms with van der Waals surface area (Å²) in [6.45, 7) is 5.22. The largest absolute Gasteiger partial charge is 0.493 e. The molecular formula is C11H15NO2. The van der Waals surface area contributed by atoms with Gasteiger partial charge in [-0.3, -0.25) is 0 Å². The number of hydrogen-bond acceptors (Lipinski definition) is 3. The van der Waals surface area contributed by atoms with E-state index in [2.05, 4.69) is 0 Å². The third-order valence-corrected chi connectivity index (χ3v) is 2.49. The Balaban J connectivity index is 2.42. The van der Waals surface area contributed by atoms with Crippen molar-refractivity contribution in [3.63, 3.8) is 0 Å². The Hall–Kier alpha value is -1.22. The van der Waals surface area contributed by atoms with Crippen molar-refractivity contribution in [3.8, 4) is 11.5 Å². The molecule has 14 heavy (non-hydrogen) atoms. The molecule has 0 bridgehead atoms. The molecule has 0 radical (unpaired) electrons. The number of nitrogens with two attached hydrogens (primary N) is 1. The minimum atomic E-state index is 0.0133. The number of ether oxygens (including phenoxy) is 2. The molecule has 0 saturated carbocycles. The molecule has 0 amide bonds. The van der Waals surface area contributed by atoms with Crippen LogP contribution in [0.3, 0.4) is 0 Å². The van der Waals surface area contributed by atoms with Crippen molar-refractivity contribution in [2.24, 2.45) is 5.73 Å². The molecule has 0 saturated heterocycles. The van der Waals surface area contributed by atoms with Gasteiger partial charge in [-0.15, -0.1) is 0 Å². The van der Waals surface area contributed by atoms with E-state index < -0.39 is 0 Å². The molecule has 0 aromatic heterocycles. The molecule has 1 aromatic carbocycles. The Labute approximate surface area is 83.8 Å². The van der Waals surface area contributed by atoms with Crippen LogP contribution in [-0.2, 0) is 0 Å². The van der Waals surface area contributed by atoms with Crippen molar-refractivity contribution in [1.29, 1.82) is 0 Å². The third kappa shape index (κ3) is 1.34. The predicted molar refractivity (Wildman–Crippen MR) is 54.8 cm³/mol. The van der Waals surface area contributed by atoms with Gasteiger partial charge < -0.3 is 15.2 Å². The van der Waals surface area contributed by atoms with Crippen LogP contribution in [0.4, 0.5) is 0 Å². The summed E-state index contributed by atoms with van der Waals surface area (Å²) < 4.78 is 11.0. The molecule has 2 rings (SSSR count). The van der Waals surface area contributed by atoms with Crippen molar-refractivity contribution in [2.75, 3.05) is 13.2 Å². The molecular weight excluding hydrogens is 178 g/mol. The maximum Gasteiger partial charge on any atom is 0.130 e. The van der Waals surface area contributed by atoms with Crippen LogP contribution in [0.5, 0.6) is 11.5 Å². The van der Waals surface area contributed by atoms with Crippen molar-refractivity contribution in [1.82, 2.24) is 0 Å². The minimum Gasteiger partial charge on any atom is -0.493 e. The molecule has 0 aliphatic carbocycles. The summed E-state index contributed by atoms with van der Waals surface area (Å²) in [6.07, 6.45) is 0. The van der Waals surface area contributed by atoms with Gasteiger partial charge >= 0.3 is 0 Å². The molecule has 76 valence electrons. The average molecular weight is 193 g/mol. The second-order valence-corrected chi connectivity index (χ2v) is 3.46. The van der Waals surface area contributed by atoms with Crippen LogP contribution in [0.2, 0.25) is 0 Å². The third-order valence-electron chi connectivity index (χ3n) is 2.49. The van der Waals surface area contributed by atoms with Gasteiger partial charge in [0.2, 0.25) is 0 Å². The second kappa shape index (κ2) is 3.50. The molecule has 0 spiro atoms.